The lowest BCUT2D eigenvalue weighted by Gasteiger charge is -2.17. The molecule has 0 saturated heterocycles. The van der Waals surface area contributed by atoms with Gasteiger partial charge in [0.25, 0.3) is 0 Å². The molecule has 2 aromatic carbocycles. The number of hydrogen-bond acceptors (Lipinski definition) is 3. The highest BCUT2D eigenvalue weighted by molar-refractivity contribution is 5.89. The summed E-state index contributed by atoms with van der Waals surface area (Å²) in [7, 11) is 3.51. The van der Waals surface area contributed by atoms with Crippen molar-refractivity contribution in [1.82, 2.24) is 4.90 Å². The van der Waals surface area contributed by atoms with E-state index in [2.05, 4.69) is 49.2 Å². The van der Waals surface area contributed by atoms with Gasteiger partial charge in [0.15, 0.2) is 0 Å². The van der Waals surface area contributed by atoms with Crippen molar-refractivity contribution in [3.8, 4) is 0 Å². The van der Waals surface area contributed by atoms with Gasteiger partial charge >= 0.3 is 5.97 Å². The number of benzene rings is 2. The van der Waals surface area contributed by atoms with Gasteiger partial charge in [-0.25, -0.2) is 4.79 Å². The van der Waals surface area contributed by atoms with Crippen molar-refractivity contribution < 1.29 is 9.53 Å². The van der Waals surface area contributed by atoms with Crippen LogP contribution < -0.4 is 0 Å². The van der Waals surface area contributed by atoms with Gasteiger partial charge in [-0.1, -0.05) is 54.1 Å². The van der Waals surface area contributed by atoms with E-state index in [1.54, 1.807) is 12.1 Å². The van der Waals surface area contributed by atoms with Crippen molar-refractivity contribution in [1.29, 1.82) is 0 Å². The average molecular weight is 309 g/mol. The molecule has 0 aromatic heterocycles. The summed E-state index contributed by atoms with van der Waals surface area (Å²) >= 11 is 0. The molecule has 3 heteroatoms. The molecule has 3 nitrogen and oxygen atoms in total. The van der Waals surface area contributed by atoms with Crippen LogP contribution in [0.15, 0.2) is 60.2 Å². The van der Waals surface area contributed by atoms with Crippen LogP contribution in [0.25, 0.3) is 6.08 Å². The Morgan fingerprint density at radius 2 is 1.74 bits per heavy atom. The third kappa shape index (κ3) is 5.38. The molecule has 0 aliphatic rings. The normalized spacial score (nSPS) is 11.6. The third-order valence-corrected chi connectivity index (χ3v) is 3.56. The van der Waals surface area contributed by atoms with Crippen molar-refractivity contribution in [2.45, 2.75) is 13.5 Å². The fraction of sp³-hybridized carbons (Fsp3) is 0.250. The Bertz CT molecular complexity index is 660. The zero-order chi connectivity index (χ0) is 16.7. The summed E-state index contributed by atoms with van der Waals surface area (Å²) in [6.07, 6.45) is 2.14. The first-order valence-corrected chi connectivity index (χ1v) is 7.66. The molecule has 2 rings (SSSR count). The largest absolute Gasteiger partial charge is 0.465 e. The number of likely N-dealkylation sites (N-methyl/N-ethyl adjacent to an activating group) is 1. The zero-order valence-corrected chi connectivity index (χ0v) is 14.0. The predicted octanol–water partition coefficient (Wildman–Crippen LogP) is 4.01. The van der Waals surface area contributed by atoms with Gasteiger partial charge in [0.05, 0.1) is 12.7 Å². The average Bonchev–Trinajstić information content (AvgIpc) is 2.55. The smallest absolute Gasteiger partial charge is 0.337 e. The van der Waals surface area contributed by atoms with Crippen molar-refractivity contribution in [2.75, 3.05) is 20.7 Å². The Hall–Kier alpha value is -2.39. The molecule has 0 heterocycles. The van der Waals surface area contributed by atoms with Gasteiger partial charge in [0.2, 0.25) is 0 Å². The topological polar surface area (TPSA) is 29.5 Å². The SMILES string of the molecule is COC(=O)c1ccc(C=C(C)CN(C)Cc2ccccc2)cc1. The maximum Gasteiger partial charge on any atom is 0.337 e. The van der Waals surface area contributed by atoms with Crippen molar-refractivity contribution >= 4 is 12.0 Å². The van der Waals surface area contributed by atoms with Crippen LogP contribution in [0.1, 0.15) is 28.4 Å². The van der Waals surface area contributed by atoms with Crippen LogP contribution >= 0.6 is 0 Å². The number of hydrogen-bond donors (Lipinski definition) is 0. The van der Waals surface area contributed by atoms with Gasteiger partial charge < -0.3 is 4.74 Å². The Kier molecular flexibility index (Phi) is 6.12. The van der Waals surface area contributed by atoms with E-state index in [0.717, 1.165) is 18.7 Å². The summed E-state index contributed by atoms with van der Waals surface area (Å²) in [4.78, 5) is 13.7. The zero-order valence-electron chi connectivity index (χ0n) is 14.0. The molecule has 0 radical (unpaired) electrons. The van der Waals surface area contributed by atoms with Crippen molar-refractivity contribution in [2.24, 2.45) is 0 Å². The quantitative estimate of drug-likeness (QED) is 0.755. The first-order chi connectivity index (χ1) is 11.1. The Labute approximate surface area is 138 Å². The minimum atomic E-state index is -0.306. The van der Waals surface area contributed by atoms with E-state index in [1.165, 1.54) is 18.2 Å². The molecular weight excluding hydrogens is 286 g/mol. The van der Waals surface area contributed by atoms with Gasteiger partial charge in [-0.05, 0) is 37.2 Å². The Morgan fingerprint density at radius 3 is 2.35 bits per heavy atom. The van der Waals surface area contributed by atoms with E-state index >= 15 is 0 Å². The minimum Gasteiger partial charge on any atom is -0.465 e. The molecule has 0 saturated carbocycles. The van der Waals surface area contributed by atoms with Gasteiger partial charge in [0, 0.05) is 13.1 Å². The maximum absolute atomic E-state index is 11.4. The lowest BCUT2D eigenvalue weighted by molar-refractivity contribution is 0.0600. The van der Waals surface area contributed by atoms with E-state index in [1.807, 2.05) is 18.2 Å². The molecule has 0 aliphatic carbocycles. The van der Waals surface area contributed by atoms with Gasteiger partial charge in [0.1, 0.15) is 0 Å². The highest BCUT2D eigenvalue weighted by Gasteiger charge is 2.04. The number of esters is 1. The molecule has 0 amide bonds. The van der Waals surface area contributed by atoms with Crippen LogP contribution in [0, 0.1) is 0 Å². The molecule has 23 heavy (non-hydrogen) atoms. The molecule has 120 valence electrons. The van der Waals surface area contributed by atoms with Crippen LogP contribution in [-0.2, 0) is 11.3 Å². The second-order valence-corrected chi connectivity index (χ2v) is 5.76. The standard InChI is InChI=1S/C20H23NO2/c1-16(14-21(2)15-18-7-5-4-6-8-18)13-17-9-11-19(12-10-17)20(22)23-3/h4-13H,14-15H2,1-3H3. The summed E-state index contributed by atoms with van der Waals surface area (Å²) in [5.41, 5.74) is 4.24. The van der Waals surface area contributed by atoms with Crippen LogP contribution in [0.5, 0.6) is 0 Å². The van der Waals surface area contributed by atoms with Gasteiger partial charge in [-0.15, -0.1) is 0 Å². The second-order valence-electron chi connectivity index (χ2n) is 5.76. The van der Waals surface area contributed by atoms with Crippen molar-refractivity contribution in [3.63, 3.8) is 0 Å². The summed E-state index contributed by atoms with van der Waals surface area (Å²) in [6, 6.07) is 17.9. The molecule has 0 unspecified atom stereocenters. The van der Waals surface area contributed by atoms with Crippen LogP contribution in [0.2, 0.25) is 0 Å². The fourth-order valence-corrected chi connectivity index (χ4v) is 2.54. The minimum absolute atomic E-state index is 0.306. The highest BCUT2D eigenvalue weighted by atomic mass is 16.5. The predicted molar refractivity (Wildman–Crippen MR) is 94.2 cm³/mol. The van der Waals surface area contributed by atoms with Crippen LogP contribution in [0.3, 0.4) is 0 Å². The second kappa shape index (κ2) is 8.30. The van der Waals surface area contributed by atoms with Crippen LogP contribution in [-0.4, -0.2) is 31.6 Å². The Balaban J connectivity index is 1.95. The van der Waals surface area contributed by atoms with Gasteiger partial charge in [-0.3, -0.25) is 4.90 Å². The summed E-state index contributed by atoms with van der Waals surface area (Å²) in [5, 5.41) is 0. The number of carbonyl (C=O) groups excluding carboxylic acids is 1. The van der Waals surface area contributed by atoms with E-state index in [0.29, 0.717) is 5.56 Å². The van der Waals surface area contributed by atoms with E-state index in [9.17, 15) is 4.79 Å². The van der Waals surface area contributed by atoms with Crippen LogP contribution in [0.4, 0.5) is 0 Å². The van der Waals surface area contributed by atoms with E-state index in [4.69, 9.17) is 4.74 Å². The maximum atomic E-state index is 11.4. The van der Waals surface area contributed by atoms with Gasteiger partial charge in [-0.2, -0.15) is 0 Å². The van der Waals surface area contributed by atoms with E-state index < -0.39 is 0 Å². The number of nitrogens with zero attached hydrogens (tertiary/aromatic N) is 1. The summed E-state index contributed by atoms with van der Waals surface area (Å²) < 4.78 is 4.71. The number of carbonyl (C=O) groups is 1. The first kappa shape index (κ1) is 17.0. The number of methoxy groups -OCH3 is 1. The molecular formula is C20H23NO2. The highest BCUT2D eigenvalue weighted by Crippen LogP contribution is 2.11. The Morgan fingerprint density at radius 1 is 1.09 bits per heavy atom. The molecule has 0 aliphatic heterocycles. The lowest BCUT2D eigenvalue weighted by Crippen LogP contribution is -2.19. The number of rotatable bonds is 6. The summed E-state index contributed by atoms with van der Waals surface area (Å²) in [5.74, 6) is -0.306. The number of ether oxygens (including phenoxy) is 1. The van der Waals surface area contributed by atoms with E-state index in [-0.39, 0.29) is 5.97 Å². The molecule has 0 bridgehead atoms. The monoisotopic (exact) mass is 309 g/mol. The summed E-state index contributed by atoms with van der Waals surface area (Å²) in [6.45, 7) is 3.94. The molecule has 0 N–H and O–H groups in total. The lowest BCUT2D eigenvalue weighted by atomic mass is 10.1. The molecule has 0 spiro atoms. The fourth-order valence-electron chi connectivity index (χ4n) is 2.54. The molecule has 0 atom stereocenters. The first-order valence-electron chi connectivity index (χ1n) is 7.66. The third-order valence-electron chi connectivity index (χ3n) is 3.56. The molecule has 0 fully saturated rings. The van der Waals surface area contributed by atoms with Crippen molar-refractivity contribution in [3.05, 3.63) is 76.9 Å². The molecule has 2 aromatic rings.